The van der Waals surface area contributed by atoms with Crippen LogP contribution in [0.25, 0.3) is 21.8 Å². The third kappa shape index (κ3) is 3.79. The van der Waals surface area contributed by atoms with E-state index in [1.165, 1.54) is 11.3 Å². The van der Waals surface area contributed by atoms with Crippen molar-refractivity contribution in [1.29, 1.82) is 0 Å². The van der Waals surface area contributed by atoms with Crippen LogP contribution in [0.3, 0.4) is 0 Å². The smallest absolute Gasteiger partial charge is 0.335 e. The SMILES string of the molecule is CCOc1c(Cl)cc(-c2csc(-c3ccc(C(=O)O)cc3)n2)cc1Cl. The molecular weight excluding hydrogens is 381 g/mol. The second-order valence-electron chi connectivity index (χ2n) is 5.12. The summed E-state index contributed by atoms with van der Waals surface area (Å²) in [5, 5.41) is 12.5. The van der Waals surface area contributed by atoms with Crippen LogP contribution in [0.2, 0.25) is 10.0 Å². The summed E-state index contributed by atoms with van der Waals surface area (Å²) < 4.78 is 5.43. The van der Waals surface area contributed by atoms with Crippen LogP contribution in [0, 0.1) is 0 Å². The van der Waals surface area contributed by atoms with E-state index in [2.05, 4.69) is 4.98 Å². The first-order valence-electron chi connectivity index (χ1n) is 7.41. The number of aromatic carboxylic acids is 1. The molecule has 0 saturated heterocycles. The fourth-order valence-corrected chi connectivity index (χ4v) is 3.72. The lowest BCUT2D eigenvalue weighted by Crippen LogP contribution is -1.95. The monoisotopic (exact) mass is 393 g/mol. The van der Waals surface area contributed by atoms with Gasteiger partial charge in [0, 0.05) is 16.5 Å². The van der Waals surface area contributed by atoms with E-state index in [-0.39, 0.29) is 5.56 Å². The lowest BCUT2D eigenvalue weighted by Gasteiger charge is -2.09. The van der Waals surface area contributed by atoms with Crippen molar-refractivity contribution in [3.05, 3.63) is 57.4 Å². The number of halogens is 2. The highest BCUT2D eigenvalue weighted by molar-refractivity contribution is 7.13. The molecule has 0 unspecified atom stereocenters. The van der Waals surface area contributed by atoms with Gasteiger partial charge < -0.3 is 9.84 Å². The molecule has 1 aromatic heterocycles. The number of carboxylic acid groups (broad SMARTS) is 1. The Kier molecular flexibility index (Phi) is 5.27. The van der Waals surface area contributed by atoms with Gasteiger partial charge in [0.25, 0.3) is 0 Å². The molecule has 0 saturated carbocycles. The topological polar surface area (TPSA) is 59.4 Å². The second-order valence-corrected chi connectivity index (χ2v) is 6.79. The molecule has 0 atom stereocenters. The van der Waals surface area contributed by atoms with E-state index in [1.54, 1.807) is 36.4 Å². The van der Waals surface area contributed by atoms with Crippen LogP contribution in [0.4, 0.5) is 0 Å². The third-order valence-corrected chi connectivity index (χ3v) is 4.92. The molecule has 128 valence electrons. The van der Waals surface area contributed by atoms with Crippen LogP contribution >= 0.6 is 34.5 Å². The largest absolute Gasteiger partial charge is 0.491 e. The van der Waals surface area contributed by atoms with Gasteiger partial charge in [0.15, 0.2) is 5.75 Å². The Hall–Kier alpha value is -2.08. The van der Waals surface area contributed by atoms with Crippen molar-refractivity contribution in [3.63, 3.8) is 0 Å². The van der Waals surface area contributed by atoms with E-state index >= 15 is 0 Å². The van der Waals surface area contributed by atoms with E-state index in [9.17, 15) is 4.79 Å². The number of carboxylic acids is 1. The molecule has 0 aliphatic rings. The Labute approximate surface area is 158 Å². The van der Waals surface area contributed by atoms with Gasteiger partial charge in [0.2, 0.25) is 0 Å². The predicted octanol–water partition coefficient (Wildman–Crippen LogP) is 5.88. The first-order valence-corrected chi connectivity index (χ1v) is 9.04. The van der Waals surface area contributed by atoms with Crippen LogP contribution in [0.5, 0.6) is 5.75 Å². The molecule has 25 heavy (non-hydrogen) atoms. The van der Waals surface area contributed by atoms with Crippen molar-refractivity contribution >= 4 is 40.5 Å². The van der Waals surface area contributed by atoms with E-state index in [0.717, 1.165) is 21.8 Å². The Morgan fingerprint density at radius 3 is 2.36 bits per heavy atom. The summed E-state index contributed by atoms with van der Waals surface area (Å²) in [7, 11) is 0. The number of hydrogen-bond acceptors (Lipinski definition) is 4. The zero-order valence-electron chi connectivity index (χ0n) is 13.1. The average Bonchev–Trinajstić information content (AvgIpc) is 3.08. The molecule has 3 aromatic rings. The summed E-state index contributed by atoms with van der Waals surface area (Å²) in [6.07, 6.45) is 0. The lowest BCUT2D eigenvalue weighted by atomic mass is 10.1. The summed E-state index contributed by atoms with van der Waals surface area (Å²) in [4.78, 5) is 15.5. The van der Waals surface area contributed by atoms with Crippen LogP contribution < -0.4 is 4.74 Å². The van der Waals surface area contributed by atoms with Gasteiger partial charge in [-0.3, -0.25) is 0 Å². The average molecular weight is 394 g/mol. The fourth-order valence-electron chi connectivity index (χ4n) is 2.28. The third-order valence-electron chi connectivity index (χ3n) is 3.47. The Morgan fingerprint density at radius 2 is 1.80 bits per heavy atom. The first-order chi connectivity index (χ1) is 12.0. The van der Waals surface area contributed by atoms with Crippen molar-refractivity contribution in [1.82, 2.24) is 4.98 Å². The number of nitrogens with zero attached hydrogens (tertiary/aromatic N) is 1. The van der Waals surface area contributed by atoms with Crippen LogP contribution in [0.15, 0.2) is 41.8 Å². The number of carbonyl (C=O) groups is 1. The maximum atomic E-state index is 10.9. The Morgan fingerprint density at radius 1 is 1.16 bits per heavy atom. The van der Waals surface area contributed by atoms with E-state index in [4.69, 9.17) is 33.0 Å². The maximum Gasteiger partial charge on any atom is 0.335 e. The zero-order valence-corrected chi connectivity index (χ0v) is 15.5. The highest BCUT2D eigenvalue weighted by atomic mass is 35.5. The van der Waals surface area contributed by atoms with Crippen molar-refractivity contribution in [3.8, 4) is 27.6 Å². The van der Waals surface area contributed by atoms with Crippen LogP contribution in [0.1, 0.15) is 17.3 Å². The summed E-state index contributed by atoms with van der Waals surface area (Å²) in [6, 6.07) is 10.1. The molecule has 2 aromatic carbocycles. The maximum absolute atomic E-state index is 10.9. The Balaban J connectivity index is 1.92. The predicted molar refractivity (Wildman–Crippen MR) is 101 cm³/mol. The molecule has 0 aliphatic heterocycles. The van der Waals surface area contributed by atoms with Gasteiger partial charge in [-0.1, -0.05) is 35.3 Å². The zero-order chi connectivity index (χ0) is 18.0. The highest BCUT2D eigenvalue weighted by Crippen LogP contribution is 2.38. The van der Waals surface area contributed by atoms with Crippen LogP contribution in [-0.4, -0.2) is 22.7 Å². The van der Waals surface area contributed by atoms with Crippen molar-refractivity contribution < 1.29 is 14.6 Å². The molecule has 3 rings (SSSR count). The van der Waals surface area contributed by atoms with Crippen molar-refractivity contribution in [2.75, 3.05) is 6.61 Å². The molecule has 0 bridgehead atoms. The van der Waals surface area contributed by atoms with Crippen molar-refractivity contribution in [2.45, 2.75) is 6.92 Å². The fraction of sp³-hybridized carbons (Fsp3) is 0.111. The van der Waals surface area contributed by atoms with Gasteiger partial charge in [0.1, 0.15) is 5.01 Å². The number of ether oxygens (including phenoxy) is 1. The minimum Gasteiger partial charge on any atom is -0.491 e. The molecule has 0 fully saturated rings. The summed E-state index contributed by atoms with van der Waals surface area (Å²) >= 11 is 14.0. The molecule has 1 heterocycles. The van der Waals surface area contributed by atoms with Gasteiger partial charge >= 0.3 is 5.97 Å². The van der Waals surface area contributed by atoms with Gasteiger partial charge in [-0.25, -0.2) is 9.78 Å². The number of benzene rings is 2. The molecule has 0 spiro atoms. The van der Waals surface area contributed by atoms with E-state index < -0.39 is 5.97 Å². The quantitative estimate of drug-likeness (QED) is 0.587. The van der Waals surface area contributed by atoms with Gasteiger partial charge in [-0.2, -0.15) is 0 Å². The second kappa shape index (κ2) is 7.44. The minimum absolute atomic E-state index is 0.241. The van der Waals surface area contributed by atoms with Gasteiger partial charge in [-0.05, 0) is 31.2 Å². The molecule has 1 N–H and O–H groups in total. The Bertz CT molecular complexity index is 899. The summed E-state index contributed by atoms with van der Waals surface area (Å²) in [6.45, 7) is 2.34. The number of hydrogen-bond donors (Lipinski definition) is 1. The van der Waals surface area contributed by atoms with Crippen molar-refractivity contribution in [2.24, 2.45) is 0 Å². The van der Waals surface area contributed by atoms with E-state index in [0.29, 0.717) is 22.4 Å². The molecule has 7 heteroatoms. The molecule has 0 amide bonds. The summed E-state index contributed by atoms with van der Waals surface area (Å²) in [5.41, 5.74) is 2.63. The molecule has 4 nitrogen and oxygen atoms in total. The standard InChI is InChI=1S/C18H13Cl2NO3S/c1-2-24-16-13(19)7-12(8-14(16)20)15-9-25-17(21-15)10-3-5-11(6-4-10)18(22)23/h3-9H,2H2,1H3,(H,22,23). The molecule has 0 aliphatic carbocycles. The number of rotatable bonds is 5. The van der Waals surface area contributed by atoms with Gasteiger partial charge in [-0.15, -0.1) is 11.3 Å². The first kappa shape index (κ1) is 17.7. The highest BCUT2D eigenvalue weighted by Gasteiger charge is 2.13. The molecule has 0 radical (unpaired) electrons. The molecular formula is C18H13Cl2NO3S. The van der Waals surface area contributed by atoms with E-state index in [1.807, 2.05) is 12.3 Å². The minimum atomic E-state index is -0.954. The number of thiazole rings is 1. The summed E-state index contributed by atoms with van der Waals surface area (Å²) in [5.74, 6) is -0.487. The number of aromatic nitrogens is 1. The lowest BCUT2D eigenvalue weighted by molar-refractivity contribution is 0.0697. The van der Waals surface area contributed by atoms with Crippen LogP contribution in [-0.2, 0) is 0 Å². The normalized spacial score (nSPS) is 10.7. The van der Waals surface area contributed by atoms with Gasteiger partial charge in [0.05, 0.1) is 27.9 Å².